The molecule has 0 radical (unpaired) electrons. The van der Waals surface area contributed by atoms with Crippen molar-refractivity contribution in [1.82, 2.24) is 15.0 Å². The highest BCUT2D eigenvalue weighted by molar-refractivity contribution is 6.29. The van der Waals surface area contributed by atoms with Crippen LogP contribution in [0.4, 0.5) is 0 Å². The van der Waals surface area contributed by atoms with Crippen LogP contribution in [0.2, 0.25) is 5.15 Å². The maximum atomic E-state index is 5.89. The van der Waals surface area contributed by atoms with Crippen molar-refractivity contribution >= 4 is 22.6 Å². The van der Waals surface area contributed by atoms with Gasteiger partial charge in [-0.3, -0.25) is 0 Å². The molecular formula is C12H12ClN3O. The Morgan fingerprint density at radius 1 is 1.18 bits per heavy atom. The van der Waals surface area contributed by atoms with Crippen LogP contribution in [-0.4, -0.2) is 21.1 Å². The summed E-state index contributed by atoms with van der Waals surface area (Å²) in [5, 5.41) is 0.434. The average molecular weight is 250 g/mol. The first-order valence-electron chi connectivity index (χ1n) is 5.77. The molecule has 0 bridgehead atoms. The quantitative estimate of drug-likeness (QED) is 0.768. The Morgan fingerprint density at radius 2 is 2.00 bits per heavy atom. The molecule has 0 aromatic carbocycles. The second kappa shape index (κ2) is 4.45. The van der Waals surface area contributed by atoms with Crippen molar-refractivity contribution in [2.24, 2.45) is 0 Å². The van der Waals surface area contributed by atoms with Gasteiger partial charge in [-0.25, -0.2) is 9.97 Å². The molecule has 0 amide bonds. The van der Waals surface area contributed by atoms with Gasteiger partial charge in [-0.15, -0.1) is 0 Å². The Hall–Kier alpha value is -1.42. The Bertz CT molecular complexity index is 540. The van der Waals surface area contributed by atoms with Gasteiger partial charge in [0.1, 0.15) is 17.6 Å². The van der Waals surface area contributed by atoms with Gasteiger partial charge in [0.15, 0.2) is 5.52 Å². The van der Waals surface area contributed by atoms with Crippen molar-refractivity contribution in [3.05, 3.63) is 23.6 Å². The summed E-state index contributed by atoms with van der Waals surface area (Å²) < 4.78 is 5.87. The minimum atomic E-state index is 0.258. The van der Waals surface area contributed by atoms with Gasteiger partial charge >= 0.3 is 0 Å². The van der Waals surface area contributed by atoms with Crippen LogP contribution >= 0.6 is 11.6 Å². The molecule has 17 heavy (non-hydrogen) atoms. The van der Waals surface area contributed by atoms with Gasteiger partial charge in [0.05, 0.1) is 5.52 Å². The average Bonchev–Trinajstić information content (AvgIpc) is 2.83. The first kappa shape index (κ1) is 10.7. The SMILES string of the molecule is Clc1ccc2ncnc(OC3CCCC3)c2n1. The smallest absolute Gasteiger partial charge is 0.244 e. The van der Waals surface area contributed by atoms with Crippen LogP contribution in [0, 0.1) is 0 Å². The van der Waals surface area contributed by atoms with Gasteiger partial charge in [0, 0.05) is 0 Å². The van der Waals surface area contributed by atoms with Crippen molar-refractivity contribution in [1.29, 1.82) is 0 Å². The molecule has 1 fully saturated rings. The van der Waals surface area contributed by atoms with Crippen LogP contribution in [0.25, 0.3) is 11.0 Å². The maximum Gasteiger partial charge on any atom is 0.244 e. The Kier molecular flexibility index (Phi) is 2.81. The van der Waals surface area contributed by atoms with Crippen molar-refractivity contribution < 1.29 is 4.74 Å². The molecule has 1 aliphatic carbocycles. The number of hydrogen-bond donors (Lipinski definition) is 0. The van der Waals surface area contributed by atoms with E-state index in [1.165, 1.54) is 19.2 Å². The molecule has 0 saturated heterocycles. The number of nitrogens with zero attached hydrogens (tertiary/aromatic N) is 3. The molecule has 0 unspecified atom stereocenters. The molecule has 1 aliphatic rings. The van der Waals surface area contributed by atoms with Gasteiger partial charge in [0.25, 0.3) is 0 Å². The Balaban J connectivity index is 1.99. The molecular weight excluding hydrogens is 238 g/mol. The van der Waals surface area contributed by atoms with E-state index in [0.717, 1.165) is 18.4 Å². The third-order valence-electron chi connectivity index (χ3n) is 2.99. The lowest BCUT2D eigenvalue weighted by molar-refractivity contribution is 0.204. The van der Waals surface area contributed by atoms with Crippen LogP contribution in [0.1, 0.15) is 25.7 Å². The highest BCUT2D eigenvalue weighted by Gasteiger charge is 2.18. The normalized spacial score (nSPS) is 16.5. The first-order valence-corrected chi connectivity index (χ1v) is 6.14. The number of pyridine rings is 1. The van der Waals surface area contributed by atoms with E-state index in [4.69, 9.17) is 16.3 Å². The van der Waals surface area contributed by atoms with E-state index in [1.54, 1.807) is 6.07 Å². The first-order chi connectivity index (χ1) is 8.33. The summed E-state index contributed by atoms with van der Waals surface area (Å²) in [7, 11) is 0. The third kappa shape index (κ3) is 2.17. The fourth-order valence-corrected chi connectivity index (χ4v) is 2.29. The molecule has 88 valence electrons. The van der Waals surface area contributed by atoms with E-state index in [2.05, 4.69) is 15.0 Å². The predicted molar refractivity (Wildman–Crippen MR) is 65.2 cm³/mol. The van der Waals surface area contributed by atoms with E-state index in [9.17, 15) is 0 Å². The van der Waals surface area contributed by atoms with Crippen molar-refractivity contribution in [2.45, 2.75) is 31.8 Å². The van der Waals surface area contributed by atoms with Crippen molar-refractivity contribution in [3.63, 3.8) is 0 Å². The number of halogens is 1. The molecule has 2 heterocycles. The zero-order valence-electron chi connectivity index (χ0n) is 9.27. The highest BCUT2D eigenvalue weighted by atomic mass is 35.5. The van der Waals surface area contributed by atoms with E-state index in [1.807, 2.05) is 6.07 Å². The van der Waals surface area contributed by atoms with Gasteiger partial charge in [-0.1, -0.05) is 11.6 Å². The number of rotatable bonds is 2. The van der Waals surface area contributed by atoms with Gasteiger partial charge < -0.3 is 4.74 Å². The summed E-state index contributed by atoms with van der Waals surface area (Å²) in [6.07, 6.45) is 6.39. The van der Waals surface area contributed by atoms with Crippen LogP contribution in [0.5, 0.6) is 5.88 Å². The summed E-state index contributed by atoms with van der Waals surface area (Å²) >= 11 is 5.89. The molecule has 2 aromatic rings. The van der Waals surface area contributed by atoms with Crippen LogP contribution in [0.3, 0.4) is 0 Å². The monoisotopic (exact) mass is 249 g/mol. The number of hydrogen-bond acceptors (Lipinski definition) is 4. The Labute approximate surface area is 104 Å². The molecule has 0 aliphatic heterocycles. The molecule has 3 rings (SSSR count). The topological polar surface area (TPSA) is 47.9 Å². The number of fused-ring (bicyclic) bond motifs is 1. The summed E-state index contributed by atoms with van der Waals surface area (Å²) in [5.74, 6) is 0.546. The standard InChI is InChI=1S/C12H12ClN3O/c13-10-6-5-9-11(16-10)12(15-7-14-9)17-8-3-1-2-4-8/h5-8H,1-4H2. The van der Waals surface area contributed by atoms with E-state index < -0.39 is 0 Å². The zero-order chi connectivity index (χ0) is 11.7. The number of aromatic nitrogens is 3. The fourth-order valence-electron chi connectivity index (χ4n) is 2.14. The van der Waals surface area contributed by atoms with Gasteiger partial charge in [-0.05, 0) is 37.8 Å². The molecule has 1 saturated carbocycles. The minimum absolute atomic E-state index is 0.258. The molecule has 0 atom stereocenters. The lowest BCUT2D eigenvalue weighted by Crippen LogP contribution is -2.12. The molecule has 4 nitrogen and oxygen atoms in total. The largest absolute Gasteiger partial charge is 0.473 e. The van der Waals surface area contributed by atoms with E-state index >= 15 is 0 Å². The van der Waals surface area contributed by atoms with Gasteiger partial charge in [-0.2, -0.15) is 4.98 Å². The summed E-state index contributed by atoms with van der Waals surface area (Å²) in [4.78, 5) is 12.5. The summed E-state index contributed by atoms with van der Waals surface area (Å²) in [5.41, 5.74) is 1.41. The molecule has 2 aromatic heterocycles. The Morgan fingerprint density at radius 3 is 2.82 bits per heavy atom. The predicted octanol–water partition coefficient (Wildman–Crippen LogP) is 3.00. The summed E-state index contributed by atoms with van der Waals surface area (Å²) in [6, 6.07) is 3.55. The molecule has 0 N–H and O–H groups in total. The maximum absolute atomic E-state index is 5.89. The van der Waals surface area contributed by atoms with Crippen LogP contribution in [0.15, 0.2) is 18.5 Å². The molecule has 0 spiro atoms. The van der Waals surface area contributed by atoms with Gasteiger partial charge in [0.2, 0.25) is 5.88 Å². The second-order valence-corrected chi connectivity index (χ2v) is 4.59. The minimum Gasteiger partial charge on any atom is -0.473 e. The van der Waals surface area contributed by atoms with Crippen molar-refractivity contribution in [2.75, 3.05) is 0 Å². The zero-order valence-corrected chi connectivity index (χ0v) is 10.0. The van der Waals surface area contributed by atoms with Crippen LogP contribution < -0.4 is 4.74 Å². The number of ether oxygens (including phenoxy) is 1. The summed E-state index contributed by atoms with van der Waals surface area (Å²) in [6.45, 7) is 0. The van der Waals surface area contributed by atoms with E-state index in [-0.39, 0.29) is 6.10 Å². The lowest BCUT2D eigenvalue weighted by atomic mass is 10.3. The van der Waals surface area contributed by atoms with E-state index in [0.29, 0.717) is 16.5 Å². The fraction of sp³-hybridized carbons (Fsp3) is 0.417. The highest BCUT2D eigenvalue weighted by Crippen LogP contribution is 2.27. The van der Waals surface area contributed by atoms with Crippen LogP contribution in [-0.2, 0) is 0 Å². The lowest BCUT2D eigenvalue weighted by Gasteiger charge is -2.12. The molecule has 5 heteroatoms. The third-order valence-corrected chi connectivity index (χ3v) is 3.21. The van der Waals surface area contributed by atoms with Crippen molar-refractivity contribution in [3.8, 4) is 5.88 Å². The second-order valence-electron chi connectivity index (χ2n) is 4.20.